The lowest BCUT2D eigenvalue weighted by Crippen LogP contribution is -2.25. The summed E-state index contributed by atoms with van der Waals surface area (Å²) in [4.78, 5) is 12.2. The fraction of sp³-hybridized carbons (Fsp3) is 0.412. The molecule has 4 nitrogen and oxygen atoms in total. The Morgan fingerprint density at radius 3 is 2.86 bits per heavy atom. The number of carbonyl (C=O) groups excluding carboxylic acids is 1. The number of nitrogens with zero attached hydrogens (tertiary/aromatic N) is 2. The quantitative estimate of drug-likeness (QED) is 0.922. The molecule has 5 heteroatoms. The van der Waals surface area contributed by atoms with Crippen LogP contribution in [0.3, 0.4) is 0 Å². The van der Waals surface area contributed by atoms with Crippen molar-refractivity contribution in [2.24, 2.45) is 5.92 Å². The number of hydrogen-bond acceptors (Lipinski definition) is 2. The van der Waals surface area contributed by atoms with Crippen molar-refractivity contribution in [2.75, 3.05) is 5.32 Å². The van der Waals surface area contributed by atoms with Crippen molar-refractivity contribution in [3.05, 3.63) is 47.1 Å². The Morgan fingerprint density at radius 1 is 1.27 bits per heavy atom. The van der Waals surface area contributed by atoms with Gasteiger partial charge in [-0.3, -0.25) is 9.48 Å². The van der Waals surface area contributed by atoms with Crippen LogP contribution in [0, 0.1) is 5.92 Å². The molecule has 3 rings (SSSR count). The van der Waals surface area contributed by atoms with E-state index in [-0.39, 0.29) is 11.8 Å². The van der Waals surface area contributed by atoms with Gasteiger partial charge in [0.1, 0.15) is 0 Å². The summed E-state index contributed by atoms with van der Waals surface area (Å²) < 4.78 is 1.81. The SMILES string of the molecule is O=C(Nc1ccn(Cc2cccc(Cl)c2)n1)C1CCCCC1. The predicted octanol–water partition coefficient (Wildman–Crippen LogP) is 4.10. The van der Waals surface area contributed by atoms with Gasteiger partial charge in [-0.1, -0.05) is 43.0 Å². The van der Waals surface area contributed by atoms with Gasteiger partial charge in [0.2, 0.25) is 5.91 Å². The lowest BCUT2D eigenvalue weighted by molar-refractivity contribution is -0.120. The summed E-state index contributed by atoms with van der Waals surface area (Å²) in [5, 5.41) is 8.06. The molecular formula is C17H20ClN3O. The Labute approximate surface area is 135 Å². The normalized spacial score (nSPS) is 15.7. The van der Waals surface area contributed by atoms with Gasteiger partial charge in [-0.25, -0.2) is 0 Å². The van der Waals surface area contributed by atoms with Crippen molar-refractivity contribution in [1.82, 2.24) is 9.78 Å². The van der Waals surface area contributed by atoms with Gasteiger partial charge in [0.05, 0.1) is 6.54 Å². The van der Waals surface area contributed by atoms with E-state index in [0.29, 0.717) is 12.4 Å². The van der Waals surface area contributed by atoms with Gasteiger partial charge in [-0.15, -0.1) is 0 Å². The van der Waals surface area contributed by atoms with Gasteiger partial charge in [0.25, 0.3) is 0 Å². The second-order valence-electron chi connectivity index (χ2n) is 5.85. The third-order valence-electron chi connectivity index (χ3n) is 4.10. The van der Waals surface area contributed by atoms with Crippen LogP contribution in [-0.2, 0) is 11.3 Å². The van der Waals surface area contributed by atoms with Crippen molar-refractivity contribution in [2.45, 2.75) is 38.6 Å². The van der Waals surface area contributed by atoms with Crippen LogP contribution >= 0.6 is 11.6 Å². The third-order valence-corrected chi connectivity index (χ3v) is 4.34. The largest absolute Gasteiger partial charge is 0.309 e. The maximum Gasteiger partial charge on any atom is 0.228 e. The first-order valence-electron chi connectivity index (χ1n) is 7.79. The van der Waals surface area contributed by atoms with Gasteiger partial charge < -0.3 is 5.32 Å². The number of anilines is 1. The van der Waals surface area contributed by atoms with Crippen molar-refractivity contribution >= 4 is 23.3 Å². The molecule has 1 amide bonds. The number of aromatic nitrogens is 2. The highest BCUT2D eigenvalue weighted by atomic mass is 35.5. The molecule has 1 aliphatic carbocycles. The average Bonchev–Trinajstić information content (AvgIpc) is 2.95. The van der Waals surface area contributed by atoms with Crippen molar-refractivity contribution in [3.8, 4) is 0 Å². The first-order valence-corrected chi connectivity index (χ1v) is 8.17. The van der Waals surface area contributed by atoms with Crippen LogP contribution in [0.1, 0.15) is 37.7 Å². The first kappa shape index (κ1) is 15.1. The van der Waals surface area contributed by atoms with Crippen LogP contribution in [0.25, 0.3) is 0 Å². The molecule has 1 fully saturated rings. The number of nitrogens with one attached hydrogen (secondary N) is 1. The highest BCUT2D eigenvalue weighted by Gasteiger charge is 2.21. The van der Waals surface area contributed by atoms with E-state index < -0.39 is 0 Å². The molecule has 1 aliphatic rings. The molecule has 1 saturated carbocycles. The topological polar surface area (TPSA) is 46.9 Å². The van der Waals surface area contributed by atoms with E-state index in [1.807, 2.05) is 41.2 Å². The zero-order chi connectivity index (χ0) is 15.4. The van der Waals surface area contributed by atoms with Gasteiger partial charge in [0.15, 0.2) is 5.82 Å². The van der Waals surface area contributed by atoms with E-state index in [1.54, 1.807) is 0 Å². The molecule has 0 atom stereocenters. The number of halogens is 1. The molecule has 1 aromatic heterocycles. The van der Waals surface area contributed by atoms with Gasteiger partial charge in [-0.05, 0) is 30.5 Å². The molecular weight excluding hydrogens is 298 g/mol. The Bertz CT molecular complexity index is 647. The Balaban J connectivity index is 1.60. The zero-order valence-corrected chi connectivity index (χ0v) is 13.2. The summed E-state index contributed by atoms with van der Waals surface area (Å²) in [5.41, 5.74) is 1.08. The highest BCUT2D eigenvalue weighted by molar-refractivity contribution is 6.30. The molecule has 0 bridgehead atoms. The number of amides is 1. The second-order valence-corrected chi connectivity index (χ2v) is 6.29. The smallest absolute Gasteiger partial charge is 0.228 e. The van der Waals surface area contributed by atoms with Crippen molar-refractivity contribution < 1.29 is 4.79 Å². The molecule has 1 aromatic carbocycles. The zero-order valence-electron chi connectivity index (χ0n) is 12.5. The summed E-state index contributed by atoms with van der Waals surface area (Å²) in [6.45, 7) is 0.639. The van der Waals surface area contributed by atoms with E-state index in [1.165, 1.54) is 6.42 Å². The highest BCUT2D eigenvalue weighted by Crippen LogP contribution is 2.24. The van der Waals surface area contributed by atoms with Crippen LogP contribution in [0.15, 0.2) is 36.5 Å². The third kappa shape index (κ3) is 3.89. The van der Waals surface area contributed by atoms with Crippen molar-refractivity contribution in [1.29, 1.82) is 0 Å². The number of benzene rings is 1. The van der Waals surface area contributed by atoms with Crippen LogP contribution in [-0.4, -0.2) is 15.7 Å². The molecule has 1 N–H and O–H groups in total. The molecule has 116 valence electrons. The number of rotatable bonds is 4. The number of carbonyl (C=O) groups is 1. The summed E-state index contributed by atoms with van der Waals surface area (Å²) in [6, 6.07) is 9.54. The second kappa shape index (κ2) is 6.97. The minimum Gasteiger partial charge on any atom is -0.309 e. The maximum atomic E-state index is 12.2. The summed E-state index contributed by atoms with van der Waals surface area (Å²) in [6.07, 6.45) is 7.42. The van der Waals surface area contributed by atoms with Gasteiger partial charge in [0, 0.05) is 23.2 Å². The minimum atomic E-state index is 0.104. The molecule has 2 aromatic rings. The van der Waals surface area contributed by atoms with E-state index in [4.69, 9.17) is 11.6 Å². The molecule has 0 aliphatic heterocycles. The lowest BCUT2D eigenvalue weighted by atomic mass is 9.89. The molecule has 0 radical (unpaired) electrons. The molecule has 0 saturated heterocycles. The maximum absolute atomic E-state index is 12.2. The number of hydrogen-bond donors (Lipinski definition) is 1. The van der Waals surface area contributed by atoms with E-state index in [2.05, 4.69) is 10.4 Å². The standard InChI is InChI=1S/C17H20ClN3O/c18-15-8-4-5-13(11-15)12-21-10-9-16(20-21)19-17(22)14-6-2-1-3-7-14/h4-5,8-11,14H,1-3,6-7,12H2,(H,19,20,22). The fourth-order valence-electron chi connectivity index (χ4n) is 2.93. The van der Waals surface area contributed by atoms with Crippen molar-refractivity contribution in [3.63, 3.8) is 0 Å². The summed E-state index contributed by atoms with van der Waals surface area (Å²) in [5.74, 6) is 0.872. The fourth-order valence-corrected chi connectivity index (χ4v) is 3.14. The van der Waals surface area contributed by atoms with Crippen LogP contribution in [0.2, 0.25) is 5.02 Å². The predicted molar refractivity (Wildman–Crippen MR) is 88.0 cm³/mol. The Hall–Kier alpha value is -1.81. The van der Waals surface area contributed by atoms with Crippen LogP contribution in [0.4, 0.5) is 5.82 Å². The van der Waals surface area contributed by atoms with E-state index in [0.717, 1.165) is 36.3 Å². The molecule has 1 heterocycles. The summed E-state index contributed by atoms with van der Waals surface area (Å²) in [7, 11) is 0. The first-order chi connectivity index (χ1) is 10.7. The monoisotopic (exact) mass is 317 g/mol. The lowest BCUT2D eigenvalue weighted by Gasteiger charge is -2.19. The Morgan fingerprint density at radius 2 is 2.09 bits per heavy atom. The summed E-state index contributed by atoms with van der Waals surface area (Å²) >= 11 is 5.98. The van der Waals surface area contributed by atoms with E-state index in [9.17, 15) is 4.79 Å². The Kier molecular flexibility index (Phi) is 4.78. The molecule has 22 heavy (non-hydrogen) atoms. The van der Waals surface area contributed by atoms with Gasteiger partial charge >= 0.3 is 0 Å². The average molecular weight is 318 g/mol. The van der Waals surface area contributed by atoms with Crippen LogP contribution in [0.5, 0.6) is 0 Å². The minimum absolute atomic E-state index is 0.104. The molecule has 0 spiro atoms. The molecule has 0 unspecified atom stereocenters. The van der Waals surface area contributed by atoms with Crippen LogP contribution < -0.4 is 5.32 Å². The van der Waals surface area contributed by atoms with E-state index >= 15 is 0 Å². The van der Waals surface area contributed by atoms with Gasteiger partial charge in [-0.2, -0.15) is 5.10 Å².